The molecular weight excluding hydrogens is 330 g/mol. The van der Waals surface area contributed by atoms with E-state index < -0.39 is 0 Å². The Morgan fingerprint density at radius 1 is 1.04 bits per heavy atom. The van der Waals surface area contributed by atoms with Gasteiger partial charge in [-0.1, -0.05) is 24.3 Å². The molecule has 0 bridgehead atoms. The van der Waals surface area contributed by atoms with Gasteiger partial charge in [0.25, 0.3) is 5.91 Å². The van der Waals surface area contributed by atoms with Crippen molar-refractivity contribution in [2.75, 3.05) is 13.2 Å². The van der Waals surface area contributed by atoms with Crippen LogP contribution < -0.4 is 4.74 Å². The average Bonchev–Trinajstić information content (AvgIpc) is 2.65. The average molecular weight is 353 g/mol. The molecule has 0 spiro atoms. The standard InChI is InChI=1S/C21H23NO4/c1-15(2)26-21(24)17-7-9-19(10-8-17)25-14-20(23)22-12-11-16-5-3-4-6-18(16)13-22/h3-10,15H,11-14H2,1-2H3. The van der Waals surface area contributed by atoms with Crippen molar-refractivity contribution in [2.24, 2.45) is 0 Å². The first-order valence-corrected chi connectivity index (χ1v) is 8.81. The van der Waals surface area contributed by atoms with E-state index in [1.807, 2.05) is 17.0 Å². The van der Waals surface area contributed by atoms with Crippen molar-refractivity contribution >= 4 is 11.9 Å². The smallest absolute Gasteiger partial charge is 0.338 e. The zero-order valence-electron chi connectivity index (χ0n) is 15.1. The fourth-order valence-electron chi connectivity index (χ4n) is 2.91. The number of nitrogens with zero attached hydrogens (tertiary/aromatic N) is 1. The Labute approximate surface area is 153 Å². The van der Waals surface area contributed by atoms with Crippen LogP contribution in [0.25, 0.3) is 0 Å². The Morgan fingerprint density at radius 3 is 2.42 bits per heavy atom. The lowest BCUT2D eigenvalue weighted by molar-refractivity contribution is -0.134. The molecule has 0 atom stereocenters. The van der Waals surface area contributed by atoms with Crippen LogP contribution in [-0.4, -0.2) is 36.0 Å². The third-order valence-corrected chi connectivity index (χ3v) is 4.28. The van der Waals surface area contributed by atoms with Gasteiger partial charge in [-0.25, -0.2) is 4.79 Å². The molecule has 0 radical (unpaired) electrons. The van der Waals surface area contributed by atoms with Crippen LogP contribution in [0.2, 0.25) is 0 Å². The quantitative estimate of drug-likeness (QED) is 0.775. The van der Waals surface area contributed by atoms with Gasteiger partial charge in [0.05, 0.1) is 11.7 Å². The molecule has 2 aromatic rings. The number of carbonyl (C=O) groups is 2. The minimum absolute atomic E-state index is 0.0159. The van der Waals surface area contributed by atoms with Crippen molar-refractivity contribution < 1.29 is 19.1 Å². The molecule has 5 heteroatoms. The topological polar surface area (TPSA) is 55.8 Å². The third-order valence-electron chi connectivity index (χ3n) is 4.28. The van der Waals surface area contributed by atoms with Gasteiger partial charge in [-0.2, -0.15) is 0 Å². The first kappa shape index (κ1) is 18.0. The SMILES string of the molecule is CC(C)OC(=O)c1ccc(OCC(=O)N2CCc3ccccc3C2)cc1. The molecule has 0 saturated carbocycles. The van der Waals surface area contributed by atoms with E-state index >= 15 is 0 Å². The Morgan fingerprint density at radius 2 is 1.73 bits per heavy atom. The van der Waals surface area contributed by atoms with Gasteiger partial charge in [0.1, 0.15) is 5.75 Å². The van der Waals surface area contributed by atoms with Gasteiger partial charge in [0.2, 0.25) is 0 Å². The first-order valence-electron chi connectivity index (χ1n) is 8.81. The summed E-state index contributed by atoms with van der Waals surface area (Å²) in [7, 11) is 0. The molecule has 2 aromatic carbocycles. The normalized spacial score (nSPS) is 13.3. The summed E-state index contributed by atoms with van der Waals surface area (Å²) >= 11 is 0. The zero-order valence-corrected chi connectivity index (χ0v) is 15.1. The molecule has 3 rings (SSSR count). The van der Waals surface area contributed by atoms with Gasteiger partial charge in [0, 0.05) is 13.1 Å². The Bertz CT molecular complexity index is 783. The van der Waals surface area contributed by atoms with Crippen molar-refractivity contribution in [3.05, 3.63) is 65.2 Å². The summed E-state index contributed by atoms with van der Waals surface area (Å²) in [5.74, 6) is 0.147. The second-order valence-corrected chi connectivity index (χ2v) is 6.60. The number of fused-ring (bicyclic) bond motifs is 1. The molecule has 1 aliphatic heterocycles. The van der Waals surface area contributed by atoms with Crippen LogP contribution in [0.3, 0.4) is 0 Å². The van der Waals surface area contributed by atoms with E-state index in [1.54, 1.807) is 38.1 Å². The van der Waals surface area contributed by atoms with Gasteiger partial charge >= 0.3 is 5.97 Å². The Balaban J connectivity index is 1.53. The second-order valence-electron chi connectivity index (χ2n) is 6.60. The van der Waals surface area contributed by atoms with Gasteiger partial charge < -0.3 is 14.4 Å². The summed E-state index contributed by atoms with van der Waals surface area (Å²) in [6.45, 7) is 4.93. The highest BCUT2D eigenvalue weighted by Crippen LogP contribution is 2.19. The van der Waals surface area contributed by atoms with Crippen molar-refractivity contribution in [2.45, 2.75) is 32.9 Å². The molecule has 0 fully saturated rings. The van der Waals surface area contributed by atoms with Crippen molar-refractivity contribution in [1.82, 2.24) is 4.90 Å². The summed E-state index contributed by atoms with van der Waals surface area (Å²) in [4.78, 5) is 26.0. The number of carbonyl (C=O) groups excluding carboxylic acids is 2. The van der Waals surface area contributed by atoms with E-state index in [1.165, 1.54) is 11.1 Å². The van der Waals surface area contributed by atoms with Crippen LogP contribution in [0, 0.1) is 0 Å². The van der Waals surface area contributed by atoms with Crippen LogP contribution in [0.5, 0.6) is 5.75 Å². The lowest BCUT2D eigenvalue weighted by atomic mass is 10.00. The van der Waals surface area contributed by atoms with Gasteiger partial charge in [-0.15, -0.1) is 0 Å². The Kier molecular flexibility index (Phi) is 5.56. The highest BCUT2D eigenvalue weighted by Gasteiger charge is 2.20. The maximum Gasteiger partial charge on any atom is 0.338 e. The van der Waals surface area contributed by atoms with Gasteiger partial charge in [-0.3, -0.25) is 4.79 Å². The largest absolute Gasteiger partial charge is 0.484 e. The number of hydrogen-bond donors (Lipinski definition) is 0. The summed E-state index contributed by atoms with van der Waals surface area (Å²) < 4.78 is 10.7. The number of hydrogen-bond acceptors (Lipinski definition) is 4. The van der Waals surface area contributed by atoms with Crippen molar-refractivity contribution in [1.29, 1.82) is 0 Å². The number of benzene rings is 2. The fraction of sp³-hybridized carbons (Fsp3) is 0.333. The molecule has 26 heavy (non-hydrogen) atoms. The summed E-state index contributed by atoms with van der Waals surface area (Å²) in [6, 6.07) is 14.8. The molecule has 0 unspecified atom stereocenters. The van der Waals surface area contributed by atoms with Crippen LogP contribution in [0.4, 0.5) is 0 Å². The van der Waals surface area contributed by atoms with Gasteiger partial charge in [0.15, 0.2) is 6.61 Å². The first-order chi connectivity index (χ1) is 12.5. The molecule has 0 aromatic heterocycles. The lowest BCUT2D eigenvalue weighted by Crippen LogP contribution is -2.38. The van der Waals surface area contributed by atoms with Crippen molar-refractivity contribution in [3.8, 4) is 5.75 Å². The van der Waals surface area contributed by atoms with Crippen LogP contribution >= 0.6 is 0 Å². The number of ether oxygens (including phenoxy) is 2. The van der Waals surface area contributed by atoms with E-state index in [-0.39, 0.29) is 24.6 Å². The molecule has 5 nitrogen and oxygen atoms in total. The third kappa shape index (κ3) is 4.42. The highest BCUT2D eigenvalue weighted by molar-refractivity contribution is 5.89. The van der Waals surface area contributed by atoms with E-state index in [4.69, 9.17) is 9.47 Å². The van der Waals surface area contributed by atoms with E-state index in [0.29, 0.717) is 24.4 Å². The number of amides is 1. The maximum atomic E-state index is 12.4. The summed E-state index contributed by atoms with van der Waals surface area (Å²) in [5.41, 5.74) is 2.96. The molecule has 0 saturated heterocycles. The predicted molar refractivity (Wildman–Crippen MR) is 98.1 cm³/mol. The minimum Gasteiger partial charge on any atom is -0.484 e. The van der Waals surface area contributed by atoms with E-state index in [2.05, 4.69) is 12.1 Å². The lowest BCUT2D eigenvalue weighted by Gasteiger charge is -2.28. The van der Waals surface area contributed by atoms with Crippen LogP contribution in [0.1, 0.15) is 35.3 Å². The molecular formula is C21H23NO4. The van der Waals surface area contributed by atoms with Crippen molar-refractivity contribution in [3.63, 3.8) is 0 Å². The molecule has 136 valence electrons. The van der Waals surface area contributed by atoms with Gasteiger partial charge in [-0.05, 0) is 55.7 Å². The Hall–Kier alpha value is -2.82. The van der Waals surface area contributed by atoms with E-state index in [9.17, 15) is 9.59 Å². The molecule has 0 N–H and O–H groups in total. The maximum absolute atomic E-state index is 12.4. The summed E-state index contributed by atoms with van der Waals surface area (Å²) in [6.07, 6.45) is 0.708. The highest BCUT2D eigenvalue weighted by atomic mass is 16.5. The number of rotatable bonds is 5. The van der Waals surface area contributed by atoms with Crippen LogP contribution in [0.15, 0.2) is 48.5 Å². The predicted octanol–water partition coefficient (Wildman–Crippen LogP) is 3.22. The molecule has 1 aliphatic rings. The molecule has 1 amide bonds. The zero-order chi connectivity index (χ0) is 18.5. The minimum atomic E-state index is -0.366. The fourth-order valence-corrected chi connectivity index (χ4v) is 2.91. The van der Waals surface area contributed by atoms with Crippen LogP contribution in [-0.2, 0) is 22.5 Å². The summed E-state index contributed by atoms with van der Waals surface area (Å²) in [5, 5.41) is 0. The van der Waals surface area contributed by atoms with E-state index in [0.717, 1.165) is 6.42 Å². The molecule has 1 heterocycles. The molecule has 0 aliphatic carbocycles. The second kappa shape index (κ2) is 8.04. The monoisotopic (exact) mass is 353 g/mol. The number of esters is 1.